The lowest BCUT2D eigenvalue weighted by Gasteiger charge is -1.70. The van der Waals surface area contributed by atoms with E-state index in [1.165, 1.54) is 0 Å². The minimum atomic E-state index is 0. The molecule has 0 unspecified atom stereocenters. The van der Waals surface area contributed by atoms with Crippen LogP contribution in [0.1, 0.15) is 6.92 Å². The summed E-state index contributed by atoms with van der Waals surface area (Å²) in [7, 11) is 0. The third-order valence-corrected chi connectivity index (χ3v) is 0.327. The van der Waals surface area contributed by atoms with Crippen molar-refractivity contribution in [2.45, 2.75) is 6.92 Å². The van der Waals surface area contributed by atoms with Crippen LogP contribution in [0, 0.1) is 0 Å². The maximum absolute atomic E-state index is 4.69. The minimum Gasteiger partial charge on any atom is -0.280 e. The van der Waals surface area contributed by atoms with Gasteiger partial charge in [-0.3, -0.25) is 4.29 Å². The summed E-state index contributed by atoms with van der Waals surface area (Å²) in [5.74, 6) is 0. The van der Waals surface area contributed by atoms with Gasteiger partial charge in [0.05, 0.1) is 18.5 Å². The summed E-state index contributed by atoms with van der Waals surface area (Å²) in [5.41, 5.74) is 0. The first-order valence-corrected chi connectivity index (χ1v) is 1.46. The lowest BCUT2D eigenvalue weighted by atomic mass is 10.9. The summed E-state index contributed by atoms with van der Waals surface area (Å²) in [4.78, 5) is 0. The molecule has 0 radical (unpaired) electrons. The molecule has 0 aliphatic rings. The van der Waals surface area contributed by atoms with Crippen LogP contribution in [0.4, 0.5) is 0 Å². The summed E-state index contributed by atoms with van der Waals surface area (Å²) < 4.78 is 4.01. The molecule has 0 heterocycles. The summed E-state index contributed by atoms with van der Waals surface area (Å²) in [5, 5.41) is 0. The average Bonchev–Trinajstić information content (AvgIpc) is 1.37. The summed E-state index contributed by atoms with van der Waals surface area (Å²) in [6.45, 7) is 2.41. The van der Waals surface area contributed by atoms with Crippen molar-refractivity contribution in [3.8, 4) is 0 Å². The smallest absolute Gasteiger partial charge is 0.0654 e. The predicted octanol–water partition coefficient (Wildman–Crippen LogP) is 1.75. The Hall–Kier alpha value is 0.730. The van der Waals surface area contributed by atoms with Crippen molar-refractivity contribution in [2.24, 2.45) is 0 Å². The Kier molecular flexibility index (Phi) is 16.3. The van der Waals surface area contributed by atoms with E-state index >= 15 is 0 Å². The molecule has 0 aromatic rings. The maximum Gasteiger partial charge on any atom is 0.0654 e. The number of hydrogen-bond acceptors (Lipinski definition) is 1. The van der Waals surface area contributed by atoms with Crippen LogP contribution in [0.15, 0.2) is 0 Å². The van der Waals surface area contributed by atoms with Crippen molar-refractivity contribution in [1.29, 1.82) is 0 Å². The molecule has 0 fully saturated rings. The Balaban J connectivity index is 0. The van der Waals surface area contributed by atoms with Gasteiger partial charge in [-0.25, -0.2) is 0 Å². The van der Waals surface area contributed by atoms with Crippen LogP contribution in [0.5, 0.6) is 0 Å². The fourth-order valence-corrected chi connectivity index (χ4v) is 0. The molecule has 34 valence electrons. The lowest BCUT2D eigenvalue weighted by Crippen LogP contribution is -1.64. The molecule has 0 aromatic carbocycles. The largest absolute Gasteiger partial charge is 0.280 e. The van der Waals surface area contributed by atoms with Gasteiger partial charge in [-0.1, -0.05) is 0 Å². The molecule has 0 spiro atoms. The van der Waals surface area contributed by atoms with Crippen molar-refractivity contribution < 1.29 is 4.29 Å². The van der Waals surface area contributed by atoms with Crippen LogP contribution in [-0.4, -0.2) is 6.61 Å². The highest BCUT2D eigenvalue weighted by atomic mass is 79.9. The van der Waals surface area contributed by atoms with Crippen molar-refractivity contribution in [2.75, 3.05) is 6.61 Å². The molecular weight excluding hydrogens is 155 g/mol. The number of halogens is 2. The number of hydrogen-bond donors (Lipinski definition) is 0. The fraction of sp³-hybridized carbons (Fsp3) is 1.00. The van der Waals surface area contributed by atoms with Crippen LogP contribution in [0.3, 0.4) is 0 Å². The SMILES string of the molecule is Br.CCOCl. The van der Waals surface area contributed by atoms with Gasteiger partial charge < -0.3 is 0 Å². The maximum atomic E-state index is 4.69. The Labute approximate surface area is 47.2 Å². The van der Waals surface area contributed by atoms with Crippen molar-refractivity contribution >= 4 is 28.8 Å². The third-order valence-electron chi connectivity index (χ3n) is 0.109. The highest BCUT2D eigenvalue weighted by Gasteiger charge is 1.55. The van der Waals surface area contributed by atoms with E-state index in [-0.39, 0.29) is 17.0 Å². The van der Waals surface area contributed by atoms with Gasteiger partial charge in [-0.15, -0.1) is 17.0 Å². The van der Waals surface area contributed by atoms with Gasteiger partial charge in [0.2, 0.25) is 0 Å². The molecule has 5 heavy (non-hydrogen) atoms. The summed E-state index contributed by atoms with van der Waals surface area (Å²) >= 11 is 4.69. The highest BCUT2D eigenvalue weighted by Crippen LogP contribution is 1.71. The van der Waals surface area contributed by atoms with Crippen LogP contribution >= 0.6 is 28.8 Å². The van der Waals surface area contributed by atoms with E-state index in [0.29, 0.717) is 6.61 Å². The van der Waals surface area contributed by atoms with Gasteiger partial charge in [0, 0.05) is 0 Å². The van der Waals surface area contributed by atoms with Crippen LogP contribution in [-0.2, 0) is 4.29 Å². The van der Waals surface area contributed by atoms with Gasteiger partial charge in [0.25, 0.3) is 0 Å². The molecule has 0 rings (SSSR count). The second-order valence-electron chi connectivity index (χ2n) is 0.398. The monoisotopic (exact) mass is 160 g/mol. The van der Waals surface area contributed by atoms with E-state index in [9.17, 15) is 0 Å². The Morgan fingerprint density at radius 1 is 1.80 bits per heavy atom. The van der Waals surface area contributed by atoms with E-state index in [4.69, 9.17) is 0 Å². The molecule has 1 nitrogen and oxygen atoms in total. The number of rotatable bonds is 1. The van der Waals surface area contributed by atoms with E-state index in [1.807, 2.05) is 6.92 Å². The molecule has 0 aliphatic carbocycles. The zero-order valence-electron chi connectivity index (χ0n) is 2.90. The van der Waals surface area contributed by atoms with E-state index in [0.717, 1.165) is 0 Å². The zero-order valence-corrected chi connectivity index (χ0v) is 5.37. The first-order valence-electron chi connectivity index (χ1n) is 1.15. The quantitative estimate of drug-likeness (QED) is 0.569. The van der Waals surface area contributed by atoms with E-state index in [2.05, 4.69) is 16.2 Å². The van der Waals surface area contributed by atoms with Crippen molar-refractivity contribution in [3.05, 3.63) is 0 Å². The molecule has 0 N–H and O–H groups in total. The first kappa shape index (κ1) is 9.21. The Bertz CT molecular complexity index is 11.6. The predicted molar refractivity (Wildman–Crippen MR) is 27.8 cm³/mol. The van der Waals surface area contributed by atoms with E-state index < -0.39 is 0 Å². The van der Waals surface area contributed by atoms with Gasteiger partial charge in [0.1, 0.15) is 0 Å². The summed E-state index contributed by atoms with van der Waals surface area (Å²) in [6.07, 6.45) is 0. The molecular formula is C2H6BrClO. The van der Waals surface area contributed by atoms with Gasteiger partial charge in [-0.05, 0) is 6.92 Å². The van der Waals surface area contributed by atoms with Gasteiger partial charge in [0.15, 0.2) is 0 Å². The molecule has 3 heteroatoms. The first-order chi connectivity index (χ1) is 1.91. The Morgan fingerprint density at radius 3 is 2.00 bits per heavy atom. The molecule has 0 aromatic heterocycles. The van der Waals surface area contributed by atoms with Crippen molar-refractivity contribution in [1.82, 2.24) is 0 Å². The highest BCUT2D eigenvalue weighted by molar-refractivity contribution is 8.93. The zero-order chi connectivity index (χ0) is 3.41. The summed E-state index contributed by atoms with van der Waals surface area (Å²) in [6, 6.07) is 0. The normalized spacial score (nSPS) is 6.00. The lowest BCUT2D eigenvalue weighted by molar-refractivity contribution is 0.378. The molecule has 0 saturated heterocycles. The van der Waals surface area contributed by atoms with Crippen LogP contribution in [0.25, 0.3) is 0 Å². The van der Waals surface area contributed by atoms with Crippen LogP contribution in [0.2, 0.25) is 0 Å². The second kappa shape index (κ2) is 8.83. The Morgan fingerprint density at radius 2 is 2.00 bits per heavy atom. The van der Waals surface area contributed by atoms with Gasteiger partial charge in [-0.2, -0.15) is 0 Å². The molecule has 0 bridgehead atoms. The molecule has 0 atom stereocenters. The third kappa shape index (κ3) is 11.8. The molecule has 0 amide bonds. The fourth-order valence-electron chi connectivity index (χ4n) is 0. The topological polar surface area (TPSA) is 9.23 Å². The minimum absolute atomic E-state index is 0. The molecule has 0 aliphatic heterocycles. The van der Waals surface area contributed by atoms with E-state index in [1.54, 1.807) is 0 Å². The van der Waals surface area contributed by atoms with Crippen molar-refractivity contribution in [3.63, 3.8) is 0 Å². The average molecular weight is 161 g/mol. The second-order valence-corrected chi connectivity index (χ2v) is 0.616. The standard InChI is InChI=1S/C2H5ClO.BrH/c1-2-4-3;/h2H2,1H3;1H. The van der Waals surface area contributed by atoms with Crippen LogP contribution < -0.4 is 0 Å². The van der Waals surface area contributed by atoms with Gasteiger partial charge >= 0.3 is 0 Å². The molecule has 0 saturated carbocycles.